The summed E-state index contributed by atoms with van der Waals surface area (Å²) in [5.41, 5.74) is 0.901. The molecule has 0 saturated carbocycles. The molecule has 0 spiro atoms. The Balaban J connectivity index is 2.77. The molecule has 1 aromatic carbocycles. The zero-order valence-corrected chi connectivity index (χ0v) is 7.85. The van der Waals surface area contributed by atoms with Crippen molar-refractivity contribution in [3.05, 3.63) is 61.2 Å². The van der Waals surface area contributed by atoms with E-state index in [1.54, 1.807) is 6.08 Å². The van der Waals surface area contributed by atoms with Crippen molar-refractivity contribution in [3.63, 3.8) is 0 Å². The van der Waals surface area contributed by atoms with E-state index >= 15 is 0 Å². The third kappa shape index (κ3) is 2.59. The van der Waals surface area contributed by atoms with Crippen LogP contribution in [0.1, 0.15) is 11.7 Å². The number of carbonyl (C=O) groups excluding carboxylic acids is 1. The number of hydrogen-bond acceptors (Lipinski definition) is 2. The Hall–Kier alpha value is -1.83. The van der Waals surface area contributed by atoms with Crippen LogP contribution in [-0.4, -0.2) is 5.97 Å². The summed E-state index contributed by atoms with van der Waals surface area (Å²) in [6.07, 6.45) is 2.32. The van der Waals surface area contributed by atoms with Crippen LogP contribution in [0.15, 0.2) is 55.6 Å². The topological polar surface area (TPSA) is 26.3 Å². The second-order valence-electron chi connectivity index (χ2n) is 2.71. The lowest BCUT2D eigenvalue weighted by atomic mass is 10.1. The van der Waals surface area contributed by atoms with Crippen LogP contribution in [0.2, 0.25) is 0 Å². The highest BCUT2D eigenvalue weighted by Gasteiger charge is 2.09. The number of benzene rings is 1. The summed E-state index contributed by atoms with van der Waals surface area (Å²) < 4.78 is 5.06. The van der Waals surface area contributed by atoms with Gasteiger partial charge in [-0.25, -0.2) is 4.79 Å². The molecule has 0 heterocycles. The van der Waals surface area contributed by atoms with E-state index < -0.39 is 12.1 Å². The number of carbonyl (C=O) groups is 1. The maximum atomic E-state index is 11.0. The molecule has 0 aliphatic heterocycles. The second-order valence-corrected chi connectivity index (χ2v) is 2.71. The maximum absolute atomic E-state index is 11.0. The highest BCUT2D eigenvalue weighted by Crippen LogP contribution is 2.17. The molecular formula is C12H12O2. The predicted octanol–water partition coefficient (Wildman–Crippen LogP) is 2.64. The minimum Gasteiger partial charge on any atom is -0.450 e. The lowest BCUT2D eigenvalue weighted by Crippen LogP contribution is -2.06. The third-order valence-electron chi connectivity index (χ3n) is 1.75. The summed E-state index contributed by atoms with van der Waals surface area (Å²) in [5.74, 6) is -0.446. The molecule has 1 unspecified atom stereocenters. The van der Waals surface area contributed by atoms with Gasteiger partial charge in [-0.3, -0.25) is 0 Å². The van der Waals surface area contributed by atoms with Gasteiger partial charge in [-0.2, -0.15) is 0 Å². The molecule has 0 saturated heterocycles. The number of hydrogen-bond donors (Lipinski definition) is 0. The second kappa shape index (κ2) is 5.02. The first kappa shape index (κ1) is 10.3. The quantitative estimate of drug-likeness (QED) is 0.412. The smallest absolute Gasteiger partial charge is 0.331 e. The lowest BCUT2D eigenvalue weighted by Gasteiger charge is -2.12. The van der Waals surface area contributed by atoms with Crippen LogP contribution in [0, 0.1) is 0 Å². The molecule has 0 fully saturated rings. The largest absolute Gasteiger partial charge is 0.450 e. The number of esters is 1. The number of ether oxygens (including phenoxy) is 1. The summed E-state index contributed by atoms with van der Waals surface area (Å²) in [6, 6.07) is 9.42. The normalized spacial score (nSPS) is 11.4. The van der Waals surface area contributed by atoms with E-state index in [0.717, 1.165) is 11.6 Å². The van der Waals surface area contributed by atoms with Crippen molar-refractivity contribution in [2.45, 2.75) is 6.10 Å². The van der Waals surface area contributed by atoms with Crippen LogP contribution in [0.4, 0.5) is 0 Å². The highest BCUT2D eigenvalue weighted by atomic mass is 16.5. The summed E-state index contributed by atoms with van der Waals surface area (Å²) in [6.45, 7) is 6.95. The average Bonchev–Trinajstić information content (AvgIpc) is 2.26. The minimum absolute atomic E-state index is 0.401. The van der Waals surface area contributed by atoms with Gasteiger partial charge in [-0.1, -0.05) is 43.5 Å². The summed E-state index contributed by atoms with van der Waals surface area (Å²) in [5, 5.41) is 0. The predicted molar refractivity (Wildman–Crippen MR) is 55.7 cm³/mol. The van der Waals surface area contributed by atoms with Gasteiger partial charge in [0.25, 0.3) is 0 Å². The summed E-state index contributed by atoms with van der Waals surface area (Å²) in [7, 11) is 0. The zero-order valence-electron chi connectivity index (χ0n) is 7.85. The van der Waals surface area contributed by atoms with E-state index in [2.05, 4.69) is 13.2 Å². The molecule has 0 aliphatic carbocycles. The summed E-state index contributed by atoms with van der Waals surface area (Å²) >= 11 is 0. The zero-order chi connectivity index (χ0) is 10.4. The molecule has 0 N–H and O–H groups in total. The van der Waals surface area contributed by atoms with Crippen LogP contribution in [0.3, 0.4) is 0 Å². The molecule has 2 nitrogen and oxygen atoms in total. The van der Waals surface area contributed by atoms with Crippen molar-refractivity contribution in [1.29, 1.82) is 0 Å². The van der Waals surface area contributed by atoms with Gasteiger partial charge in [-0.05, 0) is 11.6 Å². The van der Waals surface area contributed by atoms with Crippen LogP contribution in [0.5, 0.6) is 0 Å². The molecule has 2 heteroatoms. The average molecular weight is 188 g/mol. The SMILES string of the molecule is C=CC(=O)OC(C=C)c1ccccc1. The molecule has 1 atom stereocenters. The van der Waals surface area contributed by atoms with E-state index in [-0.39, 0.29) is 0 Å². The maximum Gasteiger partial charge on any atom is 0.331 e. The van der Waals surface area contributed by atoms with Crippen molar-refractivity contribution in [2.24, 2.45) is 0 Å². The Morgan fingerprint density at radius 2 is 1.93 bits per heavy atom. The molecule has 0 aromatic heterocycles. The Morgan fingerprint density at radius 3 is 2.43 bits per heavy atom. The van der Waals surface area contributed by atoms with Crippen molar-refractivity contribution >= 4 is 5.97 Å². The molecule has 0 radical (unpaired) electrons. The van der Waals surface area contributed by atoms with Gasteiger partial charge in [0.15, 0.2) is 0 Å². The fourth-order valence-corrected chi connectivity index (χ4v) is 1.07. The van der Waals surface area contributed by atoms with E-state index in [9.17, 15) is 4.79 Å². The van der Waals surface area contributed by atoms with Crippen LogP contribution >= 0.6 is 0 Å². The molecule has 1 rings (SSSR count). The Kier molecular flexibility index (Phi) is 3.68. The first-order valence-electron chi connectivity index (χ1n) is 4.28. The monoisotopic (exact) mass is 188 g/mol. The van der Waals surface area contributed by atoms with Crippen molar-refractivity contribution in [2.75, 3.05) is 0 Å². The molecule has 0 amide bonds. The van der Waals surface area contributed by atoms with Gasteiger partial charge < -0.3 is 4.74 Å². The van der Waals surface area contributed by atoms with Gasteiger partial charge in [0, 0.05) is 6.08 Å². The van der Waals surface area contributed by atoms with Gasteiger partial charge in [-0.15, -0.1) is 0 Å². The van der Waals surface area contributed by atoms with Gasteiger partial charge >= 0.3 is 5.97 Å². The van der Waals surface area contributed by atoms with Gasteiger partial charge in [0.05, 0.1) is 0 Å². The number of rotatable bonds is 4. The Labute approximate surface area is 83.5 Å². The van der Waals surface area contributed by atoms with Gasteiger partial charge in [0.2, 0.25) is 0 Å². The fourth-order valence-electron chi connectivity index (χ4n) is 1.07. The Morgan fingerprint density at radius 1 is 1.29 bits per heavy atom. The highest BCUT2D eigenvalue weighted by molar-refractivity contribution is 5.81. The molecule has 1 aromatic rings. The van der Waals surface area contributed by atoms with Gasteiger partial charge in [0.1, 0.15) is 6.10 Å². The first-order valence-corrected chi connectivity index (χ1v) is 4.28. The fraction of sp³-hybridized carbons (Fsp3) is 0.0833. The lowest BCUT2D eigenvalue weighted by molar-refractivity contribution is -0.141. The molecule has 14 heavy (non-hydrogen) atoms. The van der Waals surface area contributed by atoms with Crippen molar-refractivity contribution in [3.8, 4) is 0 Å². The van der Waals surface area contributed by atoms with E-state index in [0.29, 0.717) is 0 Å². The van der Waals surface area contributed by atoms with Crippen molar-refractivity contribution in [1.82, 2.24) is 0 Å². The first-order chi connectivity index (χ1) is 6.77. The molecule has 0 aliphatic rings. The van der Waals surface area contributed by atoms with Crippen LogP contribution < -0.4 is 0 Å². The molecule has 72 valence electrons. The Bertz CT molecular complexity index is 327. The standard InChI is InChI=1S/C12H12O2/c1-3-11(14-12(13)4-2)10-8-6-5-7-9-10/h3-9,11H,1-2H2. The van der Waals surface area contributed by atoms with E-state index in [4.69, 9.17) is 4.74 Å². The van der Waals surface area contributed by atoms with Crippen LogP contribution in [-0.2, 0) is 9.53 Å². The minimum atomic E-state index is -0.446. The molecule has 0 bridgehead atoms. The van der Waals surface area contributed by atoms with Crippen molar-refractivity contribution < 1.29 is 9.53 Å². The van der Waals surface area contributed by atoms with Crippen LogP contribution in [0.25, 0.3) is 0 Å². The van der Waals surface area contributed by atoms with E-state index in [1.807, 2.05) is 30.3 Å². The molecular weight excluding hydrogens is 176 g/mol. The summed E-state index contributed by atoms with van der Waals surface area (Å²) in [4.78, 5) is 11.0. The van der Waals surface area contributed by atoms with E-state index in [1.165, 1.54) is 0 Å². The third-order valence-corrected chi connectivity index (χ3v) is 1.75.